The van der Waals surface area contributed by atoms with Crippen molar-refractivity contribution in [3.63, 3.8) is 0 Å². The van der Waals surface area contributed by atoms with Crippen LogP contribution in [0.2, 0.25) is 0 Å². The first-order valence-electron chi connectivity index (χ1n) is 5.26. The normalized spacial score (nSPS) is 12.5. The smallest absolute Gasteiger partial charge is 0.379 e. The Morgan fingerprint density at radius 3 is 2.61 bits per heavy atom. The third-order valence-corrected chi connectivity index (χ3v) is 2.34. The Hall–Kier alpha value is -1.20. The highest BCUT2D eigenvalue weighted by Gasteiger charge is 2.47. The van der Waals surface area contributed by atoms with Gasteiger partial charge in [-0.2, -0.15) is 8.78 Å². The summed E-state index contributed by atoms with van der Waals surface area (Å²) in [4.78, 5) is 11.1. The van der Waals surface area contributed by atoms with Crippen LogP contribution >= 0.6 is 12.4 Å². The molecule has 1 rings (SSSR count). The molecule has 0 aliphatic heterocycles. The van der Waals surface area contributed by atoms with E-state index in [1.807, 2.05) is 0 Å². The second-order valence-corrected chi connectivity index (χ2v) is 3.74. The van der Waals surface area contributed by atoms with Gasteiger partial charge in [-0.05, 0) is 19.4 Å². The lowest BCUT2D eigenvalue weighted by Crippen LogP contribution is -2.41. The molecular weight excluding hydrogens is 264 g/mol. The van der Waals surface area contributed by atoms with E-state index in [0.29, 0.717) is 0 Å². The molecular formula is C12H16ClF2NO2. The lowest BCUT2D eigenvalue weighted by Gasteiger charge is -2.22. The van der Waals surface area contributed by atoms with Gasteiger partial charge in [-0.3, -0.25) is 0 Å². The van der Waals surface area contributed by atoms with E-state index in [-0.39, 0.29) is 24.6 Å². The highest BCUT2D eigenvalue weighted by atomic mass is 35.5. The molecule has 0 saturated heterocycles. The van der Waals surface area contributed by atoms with E-state index >= 15 is 0 Å². The number of carbonyl (C=O) groups excluding carboxylic acids is 1. The van der Waals surface area contributed by atoms with Gasteiger partial charge in [-0.15, -0.1) is 12.4 Å². The topological polar surface area (TPSA) is 52.3 Å². The van der Waals surface area contributed by atoms with Crippen LogP contribution in [0.3, 0.4) is 0 Å². The van der Waals surface area contributed by atoms with Crippen molar-refractivity contribution in [2.75, 3.05) is 6.61 Å². The van der Waals surface area contributed by atoms with Crippen LogP contribution in [0.5, 0.6) is 0 Å². The molecule has 0 aliphatic rings. The molecule has 1 aromatic rings. The molecule has 0 radical (unpaired) electrons. The molecule has 102 valence electrons. The molecule has 0 fully saturated rings. The van der Waals surface area contributed by atoms with Gasteiger partial charge in [-0.25, -0.2) is 4.79 Å². The SMILES string of the molecule is CCOC(=O)C(F)(F)[C@H](N)c1cccc(C)c1.Cl. The zero-order valence-corrected chi connectivity index (χ0v) is 11.0. The fourth-order valence-electron chi connectivity index (χ4n) is 1.43. The highest BCUT2D eigenvalue weighted by molar-refractivity contribution is 5.85. The van der Waals surface area contributed by atoms with E-state index in [1.54, 1.807) is 19.1 Å². The minimum absolute atomic E-state index is 0. The van der Waals surface area contributed by atoms with Crippen molar-refractivity contribution in [1.82, 2.24) is 0 Å². The Morgan fingerprint density at radius 2 is 2.11 bits per heavy atom. The summed E-state index contributed by atoms with van der Waals surface area (Å²) < 4.78 is 31.5. The van der Waals surface area contributed by atoms with Gasteiger partial charge < -0.3 is 10.5 Å². The van der Waals surface area contributed by atoms with Crippen molar-refractivity contribution in [3.8, 4) is 0 Å². The molecule has 0 heterocycles. The van der Waals surface area contributed by atoms with E-state index in [9.17, 15) is 13.6 Å². The van der Waals surface area contributed by atoms with Crippen LogP contribution < -0.4 is 5.73 Å². The molecule has 1 aromatic carbocycles. The number of rotatable bonds is 4. The number of hydrogen-bond acceptors (Lipinski definition) is 3. The molecule has 18 heavy (non-hydrogen) atoms. The zero-order chi connectivity index (χ0) is 13.1. The third kappa shape index (κ3) is 3.65. The van der Waals surface area contributed by atoms with Crippen LogP contribution in [0.1, 0.15) is 24.1 Å². The van der Waals surface area contributed by atoms with Crippen LogP contribution in [-0.2, 0) is 9.53 Å². The van der Waals surface area contributed by atoms with Gasteiger partial charge in [-0.1, -0.05) is 29.8 Å². The highest BCUT2D eigenvalue weighted by Crippen LogP contribution is 2.30. The fourth-order valence-corrected chi connectivity index (χ4v) is 1.43. The van der Waals surface area contributed by atoms with Crippen molar-refractivity contribution >= 4 is 18.4 Å². The monoisotopic (exact) mass is 279 g/mol. The number of hydrogen-bond donors (Lipinski definition) is 1. The average Bonchev–Trinajstić information content (AvgIpc) is 2.28. The number of aryl methyl sites for hydroxylation is 1. The van der Waals surface area contributed by atoms with Gasteiger partial charge in [0.1, 0.15) is 6.04 Å². The maximum Gasteiger partial charge on any atom is 0.379 e. The number of carbonyl (C=O) groups is 1. The first-order chi connectivity index (χ1) is 7.89. The number of ether oxygens (including phenoxy) is 1. The standard InChI is InChI=1S/C12H15F2NO2.ClH/c1-3-17-11(16)12(13,14)10(15)9-6-4-5-8(2)7-9;/h4-7,10H,3,15H2,1-2H3;1H/t10-;/m1./s1. The largest absolute Gasteiger partial charge is 0.462 e. The molecule has 0 bridgehead atoms. The maximum absolute atomic E-state index is 13.6. The van der Waals surface area contributed by atoms with Crippen LogP contribution in [0.15, 0.2) is 24.3 Å². The number of halogens is 3. The van der Waals surface area contributed by atoms with Gasteiger partial charge in [0.25, 0.3) is 0 Å². The quantitative estimate of drug-likeness (QED) is 0.862. The Bertz CT molecular complexity index is 413. The fraction of sp³-hybridized carbons (Fsp3) is 0.417. The average molecular weight is 280 g/mol. The third-order valence-electron chi connectivity index (χ3n) is 2.34. The van der Waals surface area contributed by atoms with Gasteiger partial charge in [0.05, 0.1) is 6.61 Å². The molecule has 6 heteroatoms. The van der Waals surface area contributed by atoms with Crippen LogP contribution in [-0.4, -0.2) is 18.5 Å². The number of benzene rings is 1. The lowest BCUT2D eigenvalue weighted by atomic mass is 10.00. The molecule has 0 aromatic heterocycles. The van der Waals surface area contributed by atoms with E-state index in [4.69, 9.17) is 5.73 Å². The second kappa shape index (κ2) is 6.66. The minimum atomic E-state index is -3.72. The summed E-state index contributed by atoms with van der Waals surface area (Å²) in [5.74, 6) is -5.31. The maximum atomic E-state index is 13.6. The second-order valence-electron chi connectivity index (χ2n) is 3.74. The van der Waals surface area contributed by atoms with Crippen LogP contribution in [0.4, 0.5) is 8.78 Å². The predicted octanol–water partition coefficient (Wildman–Crippen LogP) is 2.62. The summed E-state index contributed by atoms with van der Waals surface area (Å²) >= 11 is 0. The van der Waals surface area contributed by atoms with E-state index in [2.05, 4.69) is 4.74 Å². The summed E-state index contributed by atoms with van der Waals surface area (Å²) in [7, 11) is 0. The van der Waals surface area contributed by atoms with E-state index in [0.717, 1.165) is 5.56 Å². The molecule has 2 N–H and O–H groups in total. The molecule has 0 amide bonds. The lowest BCUT2D eigenvalue weighted by molar-refractivity contribution is -0.174. The summed E-state index contributed by atoms with van der Waals surface area (Å²) in [6, 6.07) is 4.68. The zero-order valence-electron chi connectivity index (χ0n) is 10.2. The van der Waals surface area contributed by atoms with Gasteiger partial charge in [0.2, 0.25) is 0 Å². The van der Waals surface area contributed by atoms with E-state index in [1.165, 1.54) is 19.1 Å². The molecule has 0 spiro atoms. The van der Waals surface area contributed by atoms with Gasteiger partial charge in [0.15, 0.2) is 0 Å². The molecule has 0 aliphatic carbocycles. The molecule has 1 atom stereocenters. The van der Waals surface area contributed by atoms with Crippen LogP contribution in [0, 0.1) is 6.92 Å². The summed E-state index contributed by atoms with van der Waals surface area (Å²) in [6.07, 6.45) is 0. The summed E-state index contributed by atoms with van der Waals surface area (Å²) in [6.45, 7) is 3.12. The van der Waals surface area contributed by atoms with Crippen molar-refractivity contribution in [3.05, 3.63) is 35.4 Å². The van der Waals surface area contributed by atoms with Gasteiger partial charge >= 0.3 is 11.9 Å². The number of alkyl halides is 2. The van der Waals surface area contributed by atoms with Crippen molar-refractivity contribution in [2.24, 2.45) is 5.73 Å². The Kier molecular flexibility index (Phi) is 6.21. The van der Waals surface area contributed by atoms with Crippen molar-refractivity contribution < 1.29 is 18.3 Å². The molecule has 0 unspecified atom stereocenters. The number of nitrogens with two attached hydrogens (primary N) is 1. The predicted molar refractivity (Wildman–Crippen MR) is 66.9 cm³/mol. The van der Waals surface area contributed by atoms with Crippen molar-refractivity contribution in [1.29, 1.82) is 0 Å². The van der Waals surface area contributed by atoms with Crippen LogP contribution in [0.25, 0.3) is 0 Å². The first kappa shape index (κ1) is 16.8. The minimum Gasteiger partial charge on any atom is -0.462 e. The first-order valence-corrected chi connectivity index (χ1v) is 5.26. The van der Waals surface area contributed by atoms with E-state index < -0.39 is 17.9 Å². The summed E-state index contributed by atoms with van der Waals surface area (Å²) in [5, 5.41) is 0. The Balaban J connectivity index is 0.00000289. The summed E-state index contributed by atoms with van der Waals surface area (Å²) in [5.41, 5.74) is 6.44. The number of esters is 1. The Morgan fingerprint density at radius 1 is 1.50 bits per heavy atom. The molecule has 0 saturated carbocycles. The molecule has 3 nitrogen and oxygen atoms in total. The van der Waals surface area contributed by atoms with Crippen molar-refractivity contribution in [2.45, 2.75) is 25.8 Å². The van der Waals surface area contributed by atoms with Gasteiger partial charge in [0, 0.05) is 0 Å². The Labute approximate surface area is 111 Å².